The number of carbonyl (C=O) groups excluding carboxylic acids is 3. The average Bonchev–Trinajstić information content (AvgIpc) is 3.23. The Kier molecular flexibility index (Phi) is 6.31. The molecule has 1 aromatic heterocycles. The summed E-state index contributed by atoms with van der Waals surface area (Å²) in [5.74, 6) is 0.141. The molecule has 8 nitrogen and oxygen atoms in total. The van der Waals surface area contributed by atoms with Crippen molar-refractivity contribution < 1.29 is 23.5 Å². The molecule has 9 heteroatoms. The standard InChI is InChI=1S/C22H21N3O5S/c1-2-29-18(26)10-5-13-31-22-24-23-17(30-22)11-12-25-20(27)15-8-3-6-14-7-4-9-16(19(14)15)21(25)28/h3-4,6-9H,2,5,10-13H2,1H3. The van der Waals surface area contributed by atoms with Crippen LogP contribution in [0.3, 0.4) is 0 Å². The summed E-state index contributed by atoms with van der Waals surface area (Å²) >= 11 is 1.36. The summed E-state index contributed by atoms with van der Waals surface area (Å²) in [5.41, 5.74) is 1.05. The number of aromatic nitrogens is 2. The van der Waals surface area contributed by atoms with Crippen molar-refractivity contribution in [3.05, 3.63) is 53.4 Å². The molecule has 2 amide bonds. The topological polar surface area (TPSA) is 103 Å². The third-order valence-corrected chi connectivity index (χ3v) is 5.81. The number of hydrogen-bond acceptors (Lipinski definition) is 8. The van der Waals surface area contributed by atoms with Gasteiger partial charge < -0.3 is 9.15 Å². The summed E-state index contributed by atoms with van der Waals surface area (Å²) in [6.07, 6.45) is 1.25. The number of rotatable bonds is 9. The van der Waals surface area contributed by atoms with Gasteiger partial charge in [0.25, 0.3) is 17.0 Å². The number of ether oxygens (including phenoxy) is 1. The largest absolute Gasteiger partial charge is 0.466 e. The van der Waals surface area contributed by atoms with Crippen LogP contribution in [0.1, 0.15) is 46.4 Å². The lowest BCUT2D eigenvalue weighted by Crippen LogP contribution is -2.41. The molecule has 0 spiro atoms. The summed E-state index contributed by atoms with van der Waals surface area (Å²) in [5, 5.41) is 9.95. The van der Waals surface area contributed by atoms with Crippen LogP contribution < -0.4 is 0 Å². The predicted octanol–water partition coefficient (Wildman–Crippen LogP) is 3.50. The highest BCUT2D eigenvalue weighted by Crippen LogP contribution is 2.30. The molecule has 2 heterocycles. The van der Waals surface area contributed by atoms with Crippen LogP contribution in [0.5, 0.6) is 0 Å². The van der Waals surface area contributed by atoms with Gasteiger partial charge in [0.05, 0.1) is 6.61 Å². The second-order valence-electron chi connectivity index (χ2n) is 6.94. The van der Waals surface area contributed by atoms with Crippen LogP contribution >= 0.6 is 11.8 Å². The lowest BCUT2D eigenvalue weighted by molar-refractivity contribution is -0.143. The van der Waals surface area contributed by atoms with Crippen molar-refractivity contribution in [1.82, 2.24) is 15.1 Å². The predicted molar refractivity (Wildman–Crippen MR) is 114 cm³/mol. The van der Waals surface area contributed by atoms with Crippen LogP contribution in [-0.4, -0.2) is 51.8 Å². The third-order valence-electron chi connectivity index (χ3n) is 4.91. The highest BCUT2D eigenvalue weighted by Gasteiger charge is 2.32. The van der Waals surface area contributed by atoms with Crippen molar-refractivity contribution in [2.45, 2.75) is 31.4 Å². The number of nitrogens with zero attached hydrogens (tertiary/aromatic N) is 3. The van der Waals surface area contributed by atoms with Gasteiger partial charge in [-0.3, -0.25) is 19.3 Å². The number of carbonyl (C=O) groups is 3. The summed E-state index contributed by atoms with van der Waals surface area (Å²) in [6.45, 7) is 2.30. The van der Waals surface area contributed by atoms with Gasteiger partial charge in [0.2, 0.25) is 5.89 Å². The first kappa shape index (κ1) is 21.0. The van der Waals surface area contributed by atoms with Crippen molar-refractivity contribution in [1.29, 1.82) is 0 Å². The minimum atomic E-state index is -0.317. The molecule has 0 saturated heterocycles. The second-order valence-corrected chi connectivity index (χ2v) is 7.99. The first-order chi connectivity index (χ1) is 15.1. The van der Waals surface area contributed by atoms with Gasteiger partial charge in [-0.2, -0.15) is 0 Å². The van der Waals surface area contributed by atoms with E-state index >= 15 is 0 Å². The van der Waals surface area contributed by atoms with Gasteiger partial charge in [-0.1, -0.05) is 36.0 Å². The number of esters is 1. The zero-order valence-electron chi connectivity index (χ0n) is 17.0. The van der Waals surface area contributed by atoms with Crippen LogP contribution in [-0.2, 0) is 16.0 Å². The molecular formula is C22H21N3O5S. The number of hydrogen-bond donors (Lipinski definition) is 0. The number of amides is 2. The molecule has 3 aromatic rings. The van der Waals surface area contributed by atoms with Crippen LogP contribution in [0.4, 0.5) is 0 Å². The zero-order valence-corrected chi connectivity index (χ0v) is 17.8. The Balaban J connectivity index is 1.35. The second kappa shape index (κ2) is 9.30. The maximum Gasteiger partial charge on any atom is 0.305 e. The number of thioether (sulfide) groups is 1. The Morgan fingerprint density at radius 3 is 2.48 bits per heavy atom. The number of imide groups is 1. The molecule has 1 aliphatic heterocycles. The fourth-order valence-electron chi connectivity index (χ4n) is 3.50. The van der Waals surface area contributed by atoms with Gasteiger partial charge in [0.1, 0.15) is 0 Å². The maximum absolute atomic E-state index is 12.9. The molecule has 0 fully saturated rings. The third kappa shape index (κ3) is 4.46. The normalized spacial score (nSPS) is 13.1. The Morgan fingerprint density at radius 2 is 1.81 bits per heavy atom. The van der Waals surface area contributed by atoms with E-state index in [0.29, 0.717) is 52.8 Å². The molecule has 4 rings (SSSR count). The molecule has 0 saturated carbocycles. The Labute approximate surface area is 182 Å². The molecule has 160 valence electrons. The van der Waals surface area contributed by atoms with Gasteiger partial charge in [-0.15, -0.1) is 10.2 Å². The summed E-state index contributed by atoms with van der Waals surface area (Å²) < 4.78 is 10.5. The molecule has 0 atom stereocenters. The highest BCUT2D eigenvalue weighted by molar-refractivity contribution is 7.99. The Morgan fingerprint density at radius 1 is 1.10 bits per heavy atom. The van der Waals surface area contributed by atoms with E-state index in [1.165, 1.54) is 16.7 Å². The first-order valence-corrected chi connectivity index (χ1v) is 11.1. The van der Waals surface area contributed by atoms with Crippen LogP contribution in [0.25, 0.3) is 10.8 Å². The molecular weight excluding hydrogens is 418 g/mol. The van der Waals surface area contributed by atoms with E-state index in [2.05, 4.69) is 10.2 Å². The SMILES string of the molecule is CCOC(=O)CCCSc1nnc(CCN2C(=O)c3cccc4cccc(c34)C2=O)o1. The van der Waals surface area contributed by atoms with Crippen LogP contribution in [0.15, 0.2) is 46.0 Å². The van der Waals surface area contributed by atoms with Gasteiger partial charge in [-0.05, 0) is 30.9 Å². The van der Waals surface area contributed by atoms with Crippen molar-refractivity contribution in [3.63, 3.8) is 0 Å². The quantitative estimate of drug-likeness (QED) is 0.216. The maximum atomic E-state index is 12.9. The monoisotopic (exact) mass is 439 g/mol. The van der Waals surface area contributed by atoms with Crippen molar-refractivity contribution in [2.75, 3.05) is 18.9 Å². The van der Waals surface area contributed by atoms with E-state index in [1.54, 1.807) is 19.1 Å². The average molecular weight is 439 g/mol. The first-order valence-electron chi connectivity index (χ1n) is 10.1. The van der Waals surface area contributed by atoms with Crippen molar-refractivity contribution in [2.24, 2.45) is 0 Å². The van der Waals surface area contributed by atoms with E-state index < -0.39 is 0 Å². The molecule has 0 bridgehead atoms. The Hall–Kier alpha value is -3.20. The van der Waals surface area contributed by atoms with Gasteiger partial charge >= 0.3 is 5.97 Å². The molecule has 1 aliphatic rings. The molecule has 31 heavy (non-hydrogen) atoms. The summed E-state index contributed by atoms with van der Waals surface area (Å²) in [7, 11) is 0. The molecule has 2 aromatic carbocycles. The highest BCUT2D eigenvalue weighted by atomic mass is 32.2. The Bertz CT molecular complexity index is 1090. The van der Waals surface area contributed by atoms with Crippen molar-refractivity contribution >= 4 is 40.3 Å². The van der Waals surface area contributed by atoms with Gasteiger partial charge in [0, 0.05) is 41.7 Å². The van der Waals surface area contributed by atoms with Crippen LogP contribution in [0.2, 0.25) is 0 Å². The van der Waals surface area contributed by atoms with E-state index in [1.807, 2.05) is 24.3 Å². The molecule has 0 N–H and O–H groups in total. The minimum Gasteiger partial charge on any atom is -0.466 e. The lowest BCUT2D eigenvalue weighted by Gasteiger charge is -2.26. The van der Waals surface area contributed by atoms with E-state index in [-0.39, 0.29) is 30.7 Å². The van der Waals surface area contributed by atoms with Gasteiger partial charge in [0.15, 0.2) is 0 Å². The summed E-state index contributed by atoms with van der Waals surface area (Å²) in [6, 6.07) is 10.9. The van der Waals surface area contributed by atoms with Crippen molar-refractivity contribution in [3.8, 4) is 0 Å². The molecule has 0 aliphatic carbocycles. The van der Waals surface area contributed by atoms with E-state index in [0.717, 1.165) is 5.39 Å². The smallest absolute Gasteiger partial charge is 0.305 e. The lowest BCUT2D eigenvalue weighted by atomic mass is 9.94. The zero-order chi connectivity index (χ0) is 21.8. The fourth-order valence-corrected chi connectivity index (χ4v) is 4.21. The summed E-state index contributed by atoms with van der Waals surface area (Å²) in [4.78, 5) is 38.4. The van der Waals surface area contributed by atoms with E-state index in [4.69, 9.17) is 9.15 Å². The van der Waals surface area contributed by atoms with Crippen LogP contribution in [0, 0.1) is 0 Å². The minimum absolute atomic E-state index is 0.150. The molecule has 0 unspecified atom stereocenters. The van der Waals surface area contributed by atoms with Gasteiger partial charge in [-0.25, -0.2) is 0 Å². The number of benzene rings is 2. The molecule has 0 radical (unpaired) electrons. The fraction of sp³-hybridized carbons (Fsp3) is 0.318. The van der Waals surface area contributed by atoms with E-state index in [9.17, 15) is 14.4 Å².